The molecule has 6 atom stereocenters. The van der Waals surface area contributed by atoms with E-state index in [0.29, 0.717) is 0 Å². The molecule has 1 aromatic rings. The van der Waals surface area contributed by atoms with Crippen molar-refractivity contribution in [2.24, 2.45) is 23.7 Å². The van der Waals surface area contributed by atoms with Gasteiger partial charge in [0.15, 0.2) is 0 Å². The van der Waals surface area contributed by atoms with Crippen LogP contribution in [0, 0.1) is 30.6 Å². The molecule has 1 amide bonds. The van der Waals surface area contributed by atoms with E-state index in [2.05, 4.69) is 21.2 Å². The van der Waals surface area contributed by atoms with E-state index in [1.165, 1.54) is 0 Å². The summed E-state index contributed by atoms with van der Waals surface area (Å²) in [6.07, 6.45) is 0.873. The molecule has 21 heavy (non-hydrogen) atoms. The number of hydrogen-bond acceptors (Lipinski definition) is 3. The highest BCUT2D eigenvalue weighted by molar-refractivity contribution is 9.09. The molecule has 2 bridgehead atoms. The molecule has 0 spiro atoms. The molecule has 5 heteroatoms. The third-order valence-corrected chi connectivity index (χ3v) is 6.43. The van der Waals surface area contributed by atoms with Crippen molar-refractivity contribution in [2.75, 3.05) is 5.32 Å². The minimum atomic E-state index is -0.273. The number of alkyl halides is 1. The third kappa shape index (κ3) is 1.79. The summed E-state index contributed by atoms with van der Waals surface area (Å²) in [5, 5.41) is 2.99. The van der Waals surface area contributed by atoms with Gasteiger partial charge in [-0.2, -0.15) is 0 Å². The van der Waals surface area contributed by atoms with Gasteiger partial charge in [0.05, 0.1) is 16.7 Å². The molecule has 2 aliphatic carbocycles. The van der Waals surface area contributed by atoms with Crippen LogP contribution in [0.25, 0.3) is 0 Å². The molecule has 1 aromatic carbocycles. The van der Waals surface area contributed by atoms with Gasteiger partial charge >= 0.3 is 5.97 Å². The van der Waals surface area contributed by atoms with Crippen molar-refractivity contribution in [1.82, 2.24) is 0 Å². The van der Waals surface area contributed by atoms with Gasteiger partial charge in [0.2, 0.25) is 5.91 Å². The van der Waals surface area contributed by atoms with E-state index in [0.717, 1.165) is 17.7 Å². The number of halogens is 1. The topological polar surface area (TPSA) is 55.4 Å². The number of carbonyl (C=O) groups is 2. The van der Waals surface area contributed by atoms with Crippen molar-refractivity contribution in [1.29, 1.82) is 0 Å². The molecule has 0 radical (unpaired) electrons. The van der Waals surface area contributed by atoms with E-state index >= 15 is 0 Å². The number of esters is 1. The quantitative estimate of drug-likeness (QED) is 0.659. The average Bonchev–Trinajstić information content (AvgIpc) is 3.05. The van der Waals surface area contributed by atoms with Crippen LogP contribution < -0.4 is 5.32 Å². The Kier molecular flexibility index (Phi) is 2.89. The standard InChI is InChI=1S/C16H16BrNO3/c1-7-4-2-3-5-10(7)18-15(19)11-8-6-9-12(11)16(20)21-14(9)13(8)17/h2-5,8-9,11-14H,6H2,1H3,(H,18,19)/t8-,9-,11-,12+,13-,14+/m1/s1. The number of carbonyl (C=O) groups excluding carboxylic acids is 2. The number of nitrogens with one attached hydrogen (secondary N) is 1. The highest BCUT2D eigenvalue weighted by Gasteiger charge is 2.67. The number of anilines is 1. The molecule has 1 aliphatic heterocycles. The SMILES string of the molecule is Cc1ccccc1NC(=O)[C@@H]1[C@H]2C[C@H]3[C@H](OC(=O)[C@@H]31)[C@@H]2Br. The Morgan fingerprint density at radius 3 is 2.86 bits per heavy atom. The first-order valence-electron chi connectivity index (χ1n) is 7.29. The maximum Gasteiger partial charge on any atom is 0.310 e. The van der Waals surface area contributed by atoms with Crippen molar-refractivity contribution >= 4 is 33.5 Å². The molecule has 1 saturated heterocycles. The number of hydrogen-bond donors (Lipinski definition) is 1. The Bertz CT molecular complexity index is 632. The van der Waals surface area contributed by atoms with Crippen molar-refractivity contribution < 1.29 is 14.3 Å². The molecule has 0 aromatic heterocycles. The van der Waals surface area contributed by atoms with Crippen LogP contribution in [0.3, 0.4) is 0 Å². The van der Waals surface area contributed by atoms with Crippen molar-refractivity contribution in [2.45, 2.75) is 24.3 Å². The lowest BCUT2D eigenvalue weighted by atomic mass is 9.79. The molecule has 0 unspecified atom stereocenters. The first-order chi connectivity index (χ1) is 10.1. The summed E-state index contributed by atoms with van der Waals surface area (Å²) in [7, 11) is 0. The molecule has 1 N–H and O–H groups in total. The predicted octanol–water partition coefficient (Wildman–Crippen LogP) is 2.50. The summed E-state index contributed by atoms with van der Waals surface area (Å²) in [5.41, 5.74) is 1.84. The van der Waals surface area contributed by atoms with E-state index in [4.69, 9.17) is 4.74 Å². The first kappa shape index (κ1) is 13.3. The molecular weight excluding hydrogens is 334 g/mol. The Hall–Kier alpha value is -1.36. The summed E-state index contributed by atoms with van der Waals surface area (Å²) in [5.74, 6) is -0.369. The van der Waals surface area contributed by atoms with Gasteiger partial charge in [-0.25, -0.2) is 0 Å². The number of para-hydroxylation sites is 1. The predicted molar refractivity (Wildman–Crippen MR) is 81.0 cm³/mol. The number of fused-ring (bicyclic) bond motifs is 1. The van der Waals surface area contributed by atoms with Gasteiger partial charge in [-0.05, 0) is 30.9 Å². The van der Waals surface area contributed by atoms with Gasteiger partial charge in [0.25, 0.3) is 0 Å². The summed E-state index contributed by atoms with van der Waals surface area (Å²) < 4.78 is 5.44. The molecule has 4 rings (SSSR count). The summed E-state index contributed by atoms with van der Waals surface area (Å²) in [6.45, 7) is 1.96. The maximum absolute atomic E-state index is 12.7. The van der Waals surface area contributed by atoms with E-state index in [-0.39, 0.29) is 46.5 Å². The molecule has 2 saturated carbocycles. The van der Waals surface area contributed by atoms with E-state index in [1.807, 2.05) is 31.2 Å². The van der Waals surface area contributed by atoms with Crippen LogP contribution in [0.4, 0.5) is 5.69 Å². The molecule has 110 valence electrons. The van der Waals surface area contributed by atoms with Crippen LogP contribution in [-0.2, 0) is 14.3 Å². The number of aryl methyl sites for hydroxylation is 1. The second kappa shape index (κ2) is 4.57. The van der Waals surface area contributed by atoms with Gasteiger partial charge < -0.3 is 10.1 Å². The fourth-order valence-corrected chi connectivity index (χ4v) is 5.30. The number of ether oxygens (including phenoxy) is 1. The second-order valence-electron chi connectivity index (χ2n) is 6.27. The summed E-state index contributed by atoms with van der Waals surface area (Å²) >= 11 is 3.63. The zero-order chi connectivity index (χ0) is 14.7. The highest BCUT2D eigenvalue weighted by atomic mass is 79.9. The third-order valence-electron chi connectivity index (χ3n) is 5.23. The summed E-state index contributed by atoms with van der Waals surface area (Å²) in [6, 6.07) is 7.69. The van der Waals surface area contributed by atoms with Crippen molar-refractivity contribution in [3.05, 3.63) is 29.8 Å². The highest BCUT2D eigenvalue weighted by Crippen LogP contribution is 2.60. The van der Waals surface area contributed by atoms with Gasteiger partial charge in [0, 0.05) is 11.6 Å². The molecular formula is C16H16BrNO3. The van der Waals surface area contributed by atoms with Gasteiger partial charge in [0.1, 0.15) is 6.10 Å². The first-order valence-corrected chi connectivity index (χ1v) is 8.20. The molecule has 1 heterocycles. The van der Waals surface area contributed by atoms with Crippen LogP contribution in [0.2, 0.25) is 0 Å². The lowest BCUT2D eigenvalue weighted by Gasteiger charge is -2.27. The van der Waals surface area contributed by atoms with Crippen LogP contribution in [0.1, 0.15) is 12.0 Å². The Morgan fingerprint density at radius 2 is 2.10 bits per heavy atom. The zero-order valence-corrected chi connectivity index (χ0v) is 13.2. The van der Waals surface area contributed by atoms with Gasteiger partial charge in [-0.15, -0.1) is 0 Å². The summed E-state index contributed by atoms with van der Waals surface area (Å²) in [4.78, 5) is 24.9. The van der Waals surface area contributed by atoms with Crippen LogP contribution in [0.5, 0.6) is 0 Å². The molecule has 3 fully saturated rings. The van der Waals surface area contributed by atoms with Crippen LogP contribution in [0.15, 0.2) is 24.3 Å². The van der Waals surface area contributed by atoms with E-state index in [9.17, 15) is 9.59 Å². The second-order valence-corrected chi connectivity index (χ2v) is 7.32. The lowest BCUT2D eigenvalue weighted by Crippen LogP contribution is -2.40. The Labute approximate surface area is 131 Å². The Balaban J connectivity index is 1.61. The van der Waals surface area contributed by atoms with Crippen molar-refractivity contribution in [3.8, 4) is 0 Å². The monoisotopic (exact) mass is 349 g/mol. The molecule has 3 aliphatic rings. The number of rotatable bonds is 2. The Morgan fingerprint density at radius 1 is 1.33 bits per heavy atom. The van der Waals surface area contributed by atoms with Crippen molar-refractivity contribution in [3.63, 3.8) is 0 Å². The largest absolute Gasteiger partial charge is 0.461 e. The smallest absolute Gasteiger partial charge is 0.310 e. The van der Waals surface area contributed by atoms with Crippen LogP contribution >= 0.6 is 15.9 Å². The molecule has 4 nitrogen and oxygen atoms in total. The average molecular weight is 350 g/mol. The fourth-order valence-electron chi connectivity index (χ4n) is 4.26. The zero-order valence-electron chi connectivity index (χ0n) is 11.6. The lowest BCUT2D eigenvalue weighted by molar-refractivity contribution is -0.145. The number of amides is 1. The van der Waals surface area contributed by atoms with Gasteiger partial charge in [-0.1, -0.05) is 34.1 Å². The number of benzene rings is 1. The maximum atomic E-state index is 12.7. The minimum absolute atomic E-state index is 0.0324. The van der Waals surface area contributed by atoms with Crippen LogP contribution in [-0.4, -0.2) is 22.8 Å². The van der Waals surface area contributed by atoms with Gasteiger partial charge in [-0.3, -0.25) is 9.59 Å². The van der Waals surface area contributed by atoms with E-state index < -0.39 is 0 Å². The fraction of sp³-hybridized carbons (Fsp3) is 0.500. The normalized spacial score (nSPS) is 39.4. The van der Waals surface area contributed by atoms with E-state index in [1.54, 1.807) is 0 Å². The minimum Gasteiger partial charge on any atom is -0.461 e.